The smallest absolute Gasteiger partial charge is 0.0355 e. The number of halogens is 3. The van der Waals surface area contributed by atoms with Crippen LogP contribution in [0, 0.1) is 0 Å². The minimum Gasteiger partial charge on any atom is -0.269 e. The molecule has 10 heavy (non-hydrogen) atoms. The molecule has 0 aliphatic carbocycles. The Morgan fingerprint density at radius 3 is 0.900 bits per heavy atom. The van der Waals surface area contributed by atoms with Gasteiger partial charge in [-0.1, -0.05) is 20.8 Å². The van der Waals surface area contributed by atoms with Crippen LogP contribution in [0.1, 0.15) is 20.8 Å². The second-order valence-corrected chi connectivity index (χ2v) is 4.86. The Hall–Kier alpha value is 0.220. The van der Waals surface area contributed by atoms with Crippen molar-refractivity contribution in [2.45, 2.75) is 20.8 Å². The average Bonchev–Trinajstić information content (AvgIpc) is 1.72. The maximum Gasteiger partial charge on any atom is -0.0355 e. The van der Waals surface area contributed by atoms with Crippen LogP contribution < -0.4 is 0 Å². The van der Waals surface area contributed by atoms with Crippen molar-refractivity contribution in [2.24, 2.45) is 0 Å². The molecular formula is C6H18F3P. The molecule has 0 aromatic carbocycles. The van der Waals surface area contributed by atoms with Crippen LogP contribution in [-0.2, 0) is 0 Å². The van der Waals surface area contributed by atoms with Crippen LogP contribution in [0.15, 0.2) is 0 Å². The van der Waals surface area contributed by atoms with Gasteiger partial charge in [-0.3, -0.25) is 14.1 Å². The fourth-order valence-corrected chi connectivity index (χ4v) is 2.01. The average molecular weight is 178 g/mol. The summed E-state index contributed by atoms with van der Waals surface area (Å²) in [4.78, 5) is 0. The fourth-order valence-electron chi connectivity index (χ4n) is 0.671. The molecule has 0 spiro atoms. The third-order valence-electron chi connectivity index (χ3n) is 1.34. The number of rotatable bonds is 3. The van der Waals surface area contributed by atoms with Gasteiger partial charge in [0.2, 0.25) is 0 Å². The predicted molar refractivity (Wildman–Crippen MR) is 46.1 cm³/mol. The zero-order valence-corrected chi connectivity index (χ0v) is 7.69. The molecule has 0 aromatic rings. The Morgan fingerprint density at radius 2 is 0.900 bits per heavy atom. The predicted octanol–water partition coefficient (Wildman–Crippen LogP) is 2.99. The highest BCUT2D eigenvalue weighted by molar-refractivity contribution is 7.57. The molecule has 0 saturated heterocycles. The van der Waals surface area contributed by atoms with Gasteiger partial charge in [0.1, 0.15) is 0 Å². The third kappa shape index (κ3) is 11.1. The van der Waals surface area contributed by atoms with E-state index in [4.69, 9.17) is 0 Å². The zero-order valence-electron chi connectivity index (χ0n) is 6.79. The van der Waals surface area contributed by atoms with Gasteiger partial charge in [0.15, 0.2) is 0 Å². The molecule has 68 valence electrons. The molecule has 0 fully saturated rings. The van der Waals surface area contributed by atoms with Gasteiger partial charge in [0.25, 0.3) is 0 Å². The van der Waals surface area contributed by atoms with E-state index in [0.717, 1.165) is 0 Å². The summed E-state index contributed by atoms with van der Waals surface area (Å²) in [5.41, 5.74) is 0. The largest absolute Gasteiger partial charge is 0.269 e. The first-order valence-corrected chi connectivity index (χ1v) is 4.97. The minimum absolute atomic E-state index is 0. The van der Waals surface area contributed by atoms with Crippen LogP contribution in [-0.4, -0.2) is 18.5 Å². The van der Waals surface area contributed by atoms with Crippen molar-refractivity contribution in [3.63, 3.8) is 0 Å². The Morgan fingerprint density at radius 1 is 0.700 bits per heavy atom. The van der Waals surface area contributed by atoms with Crippen LogP contribution in [0.25, 0.3) is 0 Å². The number of hydrogen-bond donors (Lipinski definition) is 0. The van der Waals surface area contributed by atoms with Crippen molar-refractivity contribution in [3.8, 4) is 0 Å². The van der Waals surface area contributed by atoms with E-state index in [9.17, 15) is 0 Å². The van der Waals surface area contributed by atoms with Crippen LogP contribution in [0.5, 0.6) is 0 Å². The summed E-state index contributed by atoms with van der Waals surface area (Å²) in [7, 11) is 0.446. The summed E-state index contributed by atoms with van der Waals surface area (Å²) in [6.07, 6.45) is 4.26. The third-order valence-corrected chi connectivity index (χ3v) is 4.02. The van der Waals surface area contributed by atoms with Gasteiger partial charge in [-0.25, -0.2) is 0 Å². The summed E-state index contributed by atoms with van der Waals surface area (Å²) in [5.74, 6) is 0. The molecule has 0 saturated carbocycles. The normalized spacial score (nSPS) is 7.20. The van der Waals surface area contributed by atoms with Crippen molar-refractivity contribution in [1.82, 2.24) is 0 Å². The maximum atomic E-state index is 2.29. The number of hydrogen-bond acceptors (Lipinski definition) is 0. The van der Waals surface area contributed by atoms with Gasteiger partial charge in [0, 0.05) is 0 Å². The molecule has 0 nitrogen and oxygen atoms in total. The van der Waals surface area contributed by atoms with Crippen molar-refractivity contribution < 1.29 is 14.1 Å². The minimum atomic E-state index is 0. The summed E-state index contributed by atoms with van der Waals surface area (Å²) in [5, 5.41) is 0. The molecular weight excluding hydrogens is 160 g/mol. The standard InChI is InChI=1S/C6H15P.3FH/c1-4-7(5-2)6-3;;;/h4-6H2,1-3H3;3*1H. The van der Waals surface area contributed by atoms with Crippen molar-refractivity contribution in [2.75, 3.05) is 18.5 Å². The molecule has 0 aliphatic rings. The molecule has 0 rings (SSSR count). The lowest BCUT2D eigenvalue weighted by Crippen LogP contribution is -1.83. The molecule has 0 bridgehead atoms. The van der Waals surface area contributed by atoms with Crippen LogP contribution >= 0.6 is 7.92 Å². The quantitative estimate of drug-likeness (QED) is 0.583. The lowest BCUT2D eigenvalue weighted by molar-refractivity contribution is 1.11. The molecule has 0 aliphatic heterocycles. The van der Waals surface area contributed by atoms with Crippen LogP contribution in [0.3, 0.4) is 0 Å². The van der Waals surface area contributed by atoms with E-state index in [1.165, 1.54) is 18.5 Å². The Labute approximate surface area is 62.2 Å². The van der Waals surface area contributed by atoms with Crippen molar-refractivity contribution in [3.05, 3.63) is 0 Å². The topological polar surface area (TPSA) is 0 Å². The summed E-state index contributed by atoms with van der Waals surface area (Å²) < 4.78 is 0. The van der Waals surface area contributed by atoms with E-state index in [1.54, 1.807) is 0 Å². The van der Waals surface area contributed by atoms with Crippen LogP contribution in [0.2, 0.25) is 0 Å². The van der Waals surface area contributed by atoms with E-state index in [-0.39, 0.29) is 14.1 Å². The molecule has 0 atom stereocenters. The van der Waals surface area contributed by atoms with E-state index >= 15 is 0 Å². The van der Waals surface area contributed by atoms with E-state index < -0.39 is 0 Å². The molecule has 0 unspecified atom stereocenters. The first-order chi connectivity index (χ1) is 3.35. The first kappa shape index (κ1) is 22.5. The Kier molecular flexibility index (Phi) is 36.2. The van der Waals surface area contributed by atoms with Crippen LogP contribution in [0.4, 0.5) is 14.1 Å². The van der Waals surface area contributed by atoms with Gasteiger partial charge in [-0.2, -0.15) is 0 Å². The SMILES string of the molecule is CCP(CC)CC.F.F.F. The van der Waals surface area contributed by atoms with E-state index in [1.807, 2.05) is 0 Å². The first-order valence-electron chi connectivity index (χ1n) is 3.07. The van der Waals surface area contributed by atoms with E-state index in [2.05, 4.69) is 20.8 Å². The lowest BCUT2D eigenvalue weighted by atomic mass is 10.9. The Balaban J connectivity index is -0.0000000600. The maximum absolute atomic E-state index is 2.29. The Bertz CT molecular complexity index is 34.5. The van der Waals surface area contributed by atoms with Crippen molar-refractivity contribution >= 4 is 7.92 Å². The molecule has 0 amide bonds. The fraction of sp³-hybridized carbons (Fsp3) is 1.00. The zero-order chi connectivity index (χ0) is 5.70. The summed E-state index contributed by atoms with van der Waals surface area (Å²) >= 11 is 0. The summed E-state index contributed by atoms with van der Waals surface area (Å²) in [6, 6.07) is 0. The second kappa shape index (κ2) is 16.1. The monoisotopic (exact) mass is 178 g/mol. The van der Waals surface area contributed by atoms with Gasteiger partial charge in [-0.05, 0) is 18.5 Å². The van der Waals surface area contributed by atoms with Gasteiger partial charge >= 0.3 is 0 Å². The van der Waals surface area contributed by atoms with Gasteiger partial charge in [0.05, 0.1) is 0 Å². The summed E-state index contributed by atoms with van der Waals surface area (Å²) in [6.45, 7) is 6.87. The lowest BCUT2D eigenvalue weighted by Gasteiger charge is -2.07. The van der Waals surface area contributed by atoms with Crippen molar-refractivity contribution in [1.29, 1.82) is 0 Å². The van der Waals surface area contributed by atoms with Gasteiger partial charge < -0.3 is 0 Å². The van der Waals surface area contributed by atoms with E-state index in [0.29, 0.717) is 7.92 Å². The molecule has 0 heterocycles. The highest BCUT2D eigenvalue weighted by atomic mass is 31.1. The molecule has 0 N–H and O–H groups in total. The highest BCUT2D eigenvalue weighted by Gasteiger charge is 1.94. The van der Waals surface area contributed by atoms with Gasteiger partial charge in [-0.15, -0.1) is 7.92 Å². The molecule has 4 heteroatoms. The molecule has 0 aromatic heterocycles. The molecule has 0 radical (unpaired) electrons. The highest BCUT2D eigenvalue weighted by Crippen LogP contribution is 2.32. The second-order valence-electron chi connectivity index (χ2n) is 1.62.